The first-order valence-corrected chi connectivity index (χ1v) is 7.44. The fourth-order valence-electron chi connectivity index (χ4n) is 3.97. The third kappa shape index (κ3) is 1.96. The van der Waals surface area contributed by atoms with Crippen molar-refractivity contribution in [3.8, 4) is 0 Å². The van der Waals surface area contributed by atoms with Crippen molar-refractivity contribution in [1.29, 1.82) is 0 Å². The molecule has 0 aromatic heterocycles. The van der Waals surface area contributed by atoms with E-state index in [1.54, 1.807) is 0 Å². The molecule has 0 radical (unpaired) electrons. The fourth-order valence-corrected chi connectivity index (χ4v) is 3.97. The third-order valence-corrected chi connectivity index (χ3v) is 4.99. The van der Waals surface area contributed by atoms with Crippen LogP contribution >= 0.6 is 0 Å². The van der Waals surface area contributed by atoms with Crippen LogP contribution in [0.2, 0.25) is 0 Å². The van der Waals surface area contributed by atoms with Crippen molar-refractivity contribution in [2.24, 2.45) is 0 Å². The van der Waals surface area contributed by atoms with Crippen LogP contribution in [0.5, 0.6) is 0 Å². The van der Waals surface area contributed by atoms with E-state index in [0.29, 0.717) is 18.1 Å². The van der Waals surface area contributed by atoms with Crippen molar-refractivity contribution in [2.75, 3.05) is 0 Å². The molecule has 2 N–H and O–H groups in total. The zero-order valence-electron chi connectivity index (χ0n) is 11.1. The molecule has 2 bridgehead atoms. The summed E-state index contributed by atoms with van der Waals surface area (Å²) < 4.78 is 0. The van der Waals surface area contributed by atoms with Gasteiger partial charge in [-0.25, -0.2) is 0 Å². The number of rotatable bonds is 2. The lowest BCUT2D eigenvalue weighted by molar-refractivity contribution is -0.124. The molecule has 1 amide bonds. The summed E-state index contributed by atoms with van der Waals surface area (Å²) in [6.07, 6.45) is 5.69. The van der Waals surface area contributed by atoms with Crippen molar-refractivity contribution >= 4 is 5.91 Å². The van der Waals surface area contributed by atoms with Crippen LogP contribution < -0.4 is 10.6 Å². The van der Waals surface area contributed by atoms with E-state index in [2.05, 4.69) is 28.8 Å². The molecule has 2 fully saturated rings. The van der Waals surface area contributed by atoms with Gasteiger partial charge in [-0.15, -0.1) is 0 Å². The van der Waals surface area contributed by atoms with Crippen LogP contribution in [0.25, 0.3) is 0 Å². The summed E-state index contributed by atoms with van der Waals surface area (Å²) in [5.41, 5.74) is 2.57. The van der Waals surface area contributed by atoms with Gasteiger partial charge in [0.15, 0.2) is 0 Å². The van der Waals surface area contributed by atoms with E-state index >= 15 is 0 Å². The van der Waals surface area contributed by atoms with E-state index in [1.807, 2.05) is 6.07 Å². The summed E-state index contributed by atoms with van der Waals surface area (Å²) in [6.45, 7) is 0. The molecule has 2 heterocycles. The minimum Gasteiger partial charge on any atom is -0.353 e. The quantitative estimate of drug-likeness (QED) is 0.846. The number of hydrogen-bond donors (Lipinski definition) is 2. The first kappa shape index (κ1) is 11.5. The summed E-state index contributed by atoms with van der Waals surface area (Å²) in [5.74, 6) is 0.341. The van der Waals surface area contributed by atoms with Gasteiger partial charge in [-0.2, -0.15) is 0 Å². The van der Waals surface area contributed by atoms with Crippen molar-refractivity contribution < 1.29 is 4.79 Å². The highest BCUT2D eigenvalue weighted by atomic mass is 16.2. The van der Waals surface area contributed by atoms with Crippen LogP contribution in [0.15, 0.2) is 24.3 Å². The zero-order valence-corrected chi connectivity index (χ0v) is 11.1. The second kappa shape index (κ2) is 4.34. The SMILES string of the molecule is O=C(NC1CC2CCC(C1)N2)C1Cc2ccccc21. The Labute approximate surface area is 113 Å². The predicted molar refractivity (Wildman–Crippen MR) is 74.0 cm³/mol. The number of nitrogens with one attached hydrogen (secondary N) is 2. The van der Waals surface area contributed by atoms with E-state index in [0.717, 1.165) is 19.3 Å². The Morgan fingerprint density at radius 1 is 1.16 bits per heavy atom. The molecule has 0 spiro atoms. The lowest BCUT2D eigenvalue weighted by Gasteiger charge is -2.34. The van der Waals surface area contributed by atoms with Crippen molar-refractivity contribution in [2.45, 2.75) is 56.1 Å². The highest BCUT2D eigenvalue weighted by Crippen LogP contribution is 2.35. The van der Waals surface area contributed by atoms with Gasteiger partial charge in [0, 0.05) is 18.1 Å². The van der Waals surface area contributed by atoms with E-state index in [4.69, 9.17) is 0 Å². The Bertz CT molecular complexity index is 501. The number of benzene rings is 1. The minimum atomic E-state index is 0.101. The van der Waals surface area contributed by atoms with Crippen LogP contribution in [0.4, 0.5) is 0 Å². The highest BCUT2D eigenvalue weighted by Gasteiger charge is 2.37. The van der Waals surface area contributed by atoms with Gasteiger partial charge >= 0.3 is 0 Å². The van der Waals surface area contributed by atoms with E-state index in [-0.39, 0.29) is 11.8 Å². The largest absolute Gasteiger partial charge is 0.353 e. The first-order chi connectivity index (χ1) is 9.29. The minimum absolute atomic E-state index is 0.101. The van der Waals surface area contributed by atoms with Gasteiger partial charge < -0.3 is 10.6 Å². The van der Waals surface area contributed by atoms with Crippen LogP contribution in [0, 0.1) is 0 Å². The summed E-state index contributed by atoms with van der Waals surface area (Å²) >= 11 is 0. The molecule has 100 valence electrons. The lowest BCUT2D eigenvalue weighted by Crippen LogP contribution is -2.49. The number of piperidine rings is 1. The van der Waals surface area contributed by atoms with Crippen molar-refractivity contribution in [1.82, 2.24) is 10.6 Å². The second-order valence-corrected chi connectivity index (χ2v) is 6.27. The second-order valence-electron chi connectivity index (χ2n) is 6.27. The monoisotopic (exact) mass is 256 g/mol. The van der Waals surface area contributed by atoms with Gasteiger partial charge in [-0.1, -0.05) is 24.3 Å². The van der Waals surface area contributed by atoms with Crippen LogP contribution in [-0.2, 0) is 11.2 Å². The summed E-state index contributed by atoms with van der Waals surface area (Å²) in [6, 6.07) is 9.97. The zero-order chi connectivity index (χ0) is 12.8. The molecule has 3 unspecified atom stereocenters. The molecule has 19 heavy (non-hydrogen) atoms. The van der Waals surface area contributed by atoms with Crippen molar-refractivity contribution in [3.05, 3.63) is 35.4 Å². The molecule has 1 aromatic rings. The Morgan fingerprint density at radius 2 is 1.89 bits per heavy atom. The lowest BCUT2D eigenvalue weighted by atomic mass is 9.77. The van der Waals surface area contributed by atoms with Crippen LogP contribution in [0.3, 0.4) is 0 Å². The van der Waals surface area contributed by atoms with Crippen LogP contribution in [0.1, 0.15) is 42.7 Å². The highest BCUT2D eigenvalue weighted by molar-refractivity contribution is 5.87. The maximum atomic E-state index is 12.4. The predicted octanol–water partition coefficient (Wildman–Crippen LogP) is 1.73. The normalized spacial score (nSPS) is 35.4. The smallest absolute Gasteiger partial charge is 0.228 e. The molecule has 3 nitrogen and oxygen atoms in total. The third-order valence-electron chi connectivity index (χ3n) is 4.99. The molecule has 1 aromatic carbocycles. The molecule has 3 aliphatic rings. The van der Waals surface area contributed by atoms with Crippen molar-refractivity contribution in [3.63, 3.8) is 0 Å². The average molecular weight is 256 g/mol. The number of carbonyl (C=O) groups excluding carboxylic acids is 1. The number of fused-ring (bicyclic) bond motifs is 3. The molecular formula is C16H20N2O. The van der Waals surface area contributed by atoms with E-state index < -0.39 is 0 Å². The average Bonchev–Trinajstić information content (AvgIpc) is 2.70. The number of amides is 1. The summed E-state index contributed by atoms with van der Waals surface area (Å²) in [7, 11) is 0. The topological polar surface area (TPSA) is 41.1 Å². The van der Waals surface area contributed by atoms with Gasteiger partial charge in [-0.3, -0.25) is 4.79 Å². The molecule has 3 atom stereocenters. The maximum Gasteiger partial charge on any atom is 0.228 e. The molecular weight excluding hydrogens is 236 g/mol. The molecule has 3 heteroatoms. The van der Waals surface area contributed by atoms with Gasteiger partial charge in [0.1, 0.15) is 0 Å². The molecule has 0 saturated carbocycles. The Morgan fingerprint density at radius 3 is 2.63 bits per heavy atom. The Hall–Kier alpha value is -1.35. The summed E-state index contributed by atoms with van der Waals surface area (Å²) in [5, 5.41) is 6.90. The molecule has 2 saturated heterocycles. The fraction of sp³-hybridized carbons (Fsp3) is 0.562. The number of hydrogen-bond acceptors (Lipinski definition) is 2. The molecule has 2 aliphatic heterocycles. The molecule has 4 rings (SSSR count). The van der Waals surface area contributed by atoms with E-state index in [9.17, 15) is 4.79 Å². The van der Waals surface area contributed by atoms with Crippen LogP contribution in [-0.4, -0.2) is 24.0 Å². The van der Waals surface area contributed by atoms with Gasteiger partial charge in [0.05, 0.1) is 5.92 Å². The Kier molecular flexibility index (Phi) is 2.62. The summed E-state index contributed by atoms with van der Waals surface area (Å²) in [4.78, 5) is 12.4. The van der Waals surface area contributed by atoms with Gasteiger partial charge in [0.2, 0.25) is 5.91 Å². The Balaban J connectivity index is 1.40. The maximum absolute atomic E-state index is 12.4. The van der Waals surface area contributed by atoms with Gasteiger partial charge in [0.25, 0.3) is 0 Å². The van der Waals surface area contributed by atoms with E-state index in [1.165, 1.54) is 24.0 Å². The number of carbonyl (C=O) groups is 1. The standard InChI is InChI=1S/C16H20N2O/c19-16(15-7-10-3-1-2-4-14(10)15)18-13-8-11-5-6-12(9-13)17-11/h1-4,11-13,15,17H,5-9H2,(H,18,19). The first-order valence-electron chi connectivity index (χ1n) is 7.44. The molecule has 1 aliphatic carbocycles. The van der Waals surface area contributed by atoms with Gasteiger partial charge in [-0.05, 0) is 43.2 Å².